The number of imidazole rings is 1. The molecule has 7 nitrogen and oxygen atoms in total. The van der Waals surface area contributed by atoms with Crippen molar-refractivity contribution in [1.29, 1.82) is 0 Å². The van der Waals surface area contributed by atoms with Crippen molar-refractivity contribution in [3.8, 4) is 0 Å². The molecular formula is C18H18N4O3S. The molecule has 0 saturated heterocycles. The van der Waals surface area contributed by atoms with Crippen molar-refractivity contribution in [3.63, 3.8) is 0 Å². The minimum Gasteiger partial charge on any atom is -0.347 e. The number of nitrogens with zero attached hydrogens (tertiary/aromatic N) is 2. The smallest absolute Gasteiger partial charge is 0.255 e. The Morgan fingerprint density at radius 1 is 1.15 bits per heavy atom. The number of carbonyl (C=O) groups is 1. The Morgan fingerprint density at radius 2 is 1.92 bits per heavy atom. The Kier molecular flexibility index (Phi) is 5.15. The van der Waals surface area contributed by atoms with E-state index in [0.717, 1.165) is 0 Å². The van der Waals surface area contributed by atoms with Gasteiger partial charge in [-0.15, -0.1) is 0 Å². The fourth-order valence-corrected chi connectivity index (χ4v) is 3.56. The van der Waals surface area contributed by atoms with Crippen LogP contribution in [0.3, 0.4) is 0 Å². The lowest BCUT2D eigenvalue weighted by atomic mass is 10.2. The highest BCUT2D eigenvalue weighted by Gasteiger charge is 2.22. The second-order valence-corrected chi connectivity index (χ2v) is 7.69. The van der Waals surface area contributed by atoms with E-state index in [9.17, 15) is 13.2 Å². The molecule has 0 spiro atoms. The lowest BCUT2D eigenvalue weighted by molar-refractivity contribution is 0.102. The van der Waals surface area contributed by atoms with Gasteiger partial charge in [0.25, 0.3) is 5.91 Å². The summed E-state index contributed by atoms with van der Waals surface area (Å²) in [5, 5.41) is 2.74. The van der Waals surface area contributed by atoms with Crippen molar-refractivity contribution in [1.82, 2.24) is 14.3 Å². The van der Waals surface area contributed by atoms with Gasteiger partial charge in [-0.25, -0.2) is 13.4 Å². The Hall–Kier alpha value is -2.97. The van der Waals surface area contributed by atoms with Gasteiger partial charge in [0.15, 0.2) is 0 Å². The number of amides is 1. The molecule has 0 aliphatic carbocycles. The van der Waals surface area contributed by atoms with Crippen molar-refractivity contribution in [2.24, 2.45) is 0 Å². The highest BCUT2D eigenvalue weighted by molar-refractivity contribution is 7.89. The van der Waals surface area contributed by atoms with Crippen LogP contribution in [0.15, 0.2) is 71.9 Å². The molecule has 1 aromatic heterocycles. The third-order valence-electron chi connectivity index (χ3n) is 3.76. The van der Waals surface area contributed by atoms with Crippen LogP contribution in [0.2, 0.25) is 0 Å². The first-order chi connectivity index (χ1) is 12.5. The summed E-state index contributed by atoms with van der Waals surface area (Å²) >= 11 is 0. The molecule has 8 heteroatoms. The van der Waals surface area contributed by atoms with Crippen LogP contribution in [0, 0.1) is 0 Å². The summed E-state index contributed by atoms with van der Waals surface area (Å²) in [7, 11) is -2.28. The number of hydrogen-bond donors (Lipinski definition) is 2. The standard InChI is InChI=1S/C18H18N4O3S/c1-22(13-17-19-10-11-20-17)26(24,25)16-9-5-6-14(12-16)18(23)21-15-7-3-2-4-8-15/h2-12H,13H2,1H3,(H,19,20)(H,21,23). The number of aromatic nitrogens is 2. The predicted molar refractivity (Wildman–Crippen MR) is 98.1 cm³/mol. The van der Waals surface area contributed by atoms with Gasteiger partial charge in [0.05, 0.1) is 11.4 Å². The highest BCUT2D eigenvalue weighted by atomic mass is 32.2. The third-order valence-corrected chi connectivity index (χ3v) is 5.56. The maximum absolute atomic E-state index is 12.7. The van der Waals surface area contributed by atoms with Crippen LogP contribution >= 0.6 is 0 Å². The third kappa shape index (κ3) is 3.98. The number of rotatable bonds is 6. The van der Waals surface area contributed by atoms with E-state index in [2.05, 4.69) is 15.3 Å². The fraction of sp³-hybridized carbons (Fsp3) is 0.111. The normalized spacial score (nSPS) is 11.5. The minimum atomic E-state index is -3.75. The Labute approximate surface area is 151 Å². The second kappa shape index (κ2) is 7.51. The first-order valence-electron chi connectivity index (χ1n) is 7.88. The van der Waals surface area contributed by atoms with E-state index in [1.165, 1.54) is 23.5 Å². The number of sulfonamides is 1. The average Bonchev–Trinajstić information content (AvgIpc) is 3.15. The molecule has 0 atom stereocenters. The van der Waals surface area contributed by atoms with E-state index in [0.29, 0.717) is 11.5 Å². The summed E-state index contributed by atoms with van der Waals surface area (Å²) in [4.78, 5) is 19.3. The molecule has 134 valence electrons. The summed E-state index contributed by atoms with van der Waals surface area (Å²) in [5.41, 5.74) is 0.905. The van der Waals surface area contributed by atoms with Gasteiger partial charge >= 0.3 is 0 Å². The number of carbonyl (C=O) groups excluding carboxylic acids is 1. The number of nitrogens with one attached hydrogen (secondary N) is 2. The predicted octanol–water partition coefficient (Wildman–Crippen LogP) is 2.48. The number of hydrogen-bond acceptors (Lipinski definition) is 4. The number of benzene rings is 2. The van der Waals surface area contributed by atoms with Crippen LogP contribution in [0.4, 0.5) is 5.69 Å². The van der Waals surface area contributed by atoms with Gasteiger partial charge in [0.1, 0.15) is 5.82 Å². The molecular weight excluding hydrogens is 352 g/mol. The van der Waals surface area contributed by atoms with Crippen molar-refractivity contribution in [3.05, 3.63) is 78.4 Å². The Balaban J connectivity index is 1.80. The van der Waals surface area contributed by atoms with E-state index in [4.69, 9.17) is 0 Å². The number of H-pyrrole nitrogens is 1. The number of aromatic amines is 1. The van der Waals surface area contributed by atoms with Gasteiger partial charge in [-0.05, 0) is 30.3 Å². The molecule has 1 heterocycles. The molecule has 0 unspecified atom stereocenters. The number of para-hydroxylation sites is 1. The molecule has 0 saturated carbocycles. The quantitative estimate of drug-likeness (QED) is 0.697. The molecule has 2 aromatic carbocycles. The van der Waals surface area contributed by atoms with Crippen LogP contribution in [0.5, 0.6) is 0 Å². The summed E-state index contributed by atoms with van der Waals surface area (Å²) < 4.78 is 26.7. The zero-order valence-electron chi connectivity index (χ0n) is 14.1. The monoisotopic (exact) mass is 370 g/mol. The molecule has 0 aliphatic heterocycles. The Morgan fingerprint density at radius 3 is 2.62 bits per heavy atom. The van der Waals surface area contributed by atoms with E-state index in [1.54, 1.807) is 48.8 Å². The Bertz CT molecular complexity index is 986. The highest BCUT2D eigenvalue weighted by Crippen LogP contribution is 2.18. The van der Waals surface area contributed by atoms with Crippen LogP contribution in [0.25, 0.3) is 0 Å². The van der Waals surface area contributed by atoms with Gasteiger partial charge in [0.2, 0.25) is 10.0 Å². The largest absolute Gasteiger partial charge is 0.347 e. The van der Waals surface area contributed by atoms with Crippen molar-refractivity contribution >= 4 is 21.6 Å². The van der Waals surface area contributed by atoms with E-state index in [1.807, 2.05) is 6.07 Å². The molecule has 0 aliphatic rings. The van der Waals surface area contributed by atoms with Crippen LogP contribution in [-0.4, -0.2) is 35.6 Å². The first-order valence-corrected chi connectivity index (χ1v) is 9.32. The average molecular weight is 370 g/mol. The maximum atomic E-state index is 12.7. The zero-order valence-corrected chi connectivity index (χ0v) is 14.9. The minimum absolute atomic E-state index is 0.0484. The maximum Gasteiger partial charge on any atom is 0.255 e. The molecule has 3 rings (SSSR count). The van der Waals surface area contributed by atoms with Gasteiger partial charge < -0.3 is 10.3 Å². The molecule has 0 fully saturated rings. The summed E-state index contributed by atoms with van der Waals surface area (Å²) in [6, 6.07) is 14.9. The van der Waals surface area contributed by atoms with Gasteiger partial charge in [0, 0.05) is 30.7 Å². The summed E-state index contributed by atoms with van der Waals surface area (Å²) in [6.07, 6.45) is 3.19. The molecule has 26 heavy (non-hydrogen) atoms. The number of anilines is 1. The van der Waals surface area contributed by atoms with Crippen molar-refractivity contribution < 1.29 is 13.2 Å². The zero-order chi connectivity index (χ0) is 18.6. The lowest BCUT2D eigenvalue weighted by Gasteiger charge is -2.16. The summed E-state index contributed by atoms with van der Waals surface area (Å²) in [5.74, 6) is 0.163. The van der Waals surface area contributed by atoms with E-state index >= 15 is 0 Å². The van der Waals surface area contributed by atoms with Crippen LogP contribution in [0.1, 0.15) is 16.2 Å². The van der Waals surface area contributed by atoms with Gasteiger partial charge in [-0.3, -0.25) is 4.79 Å². The SMILES string of the molecule is CN(Cc1ncc[nH]1)S(=O)(=O)c1cccc(C(=O)Nc2ccccc2)c1. The van der Waals surface area contributed by atoms with Crippen molar-refractivity contribution in [2.75, 3.05) is 12.4 Å². The molecule has 1 amide bonds. The van der Waals surface area contributed by atoms with E-state index in [-0.39, 0.29) is 22.9 Å². The summed E-state index contributed by atoms with van der Waals surface area (Å²) in [6.45, 7) is 0.107. The van der Waals surface area contributed by atoms with Gasteiger partial charge in [-0.1, -0.05) is 24.3 Å². The second-order valence-electron chi connectivity index (χ2n) is 5.64. The lowest BCUT2D eigenvalue weighted by Crippen LogP contribution is -2.27. The van der Waals surface area contributed by atoms with Crippen LogP contribution < -0.4 is 5.32 Å². The molecule has 3 aromatic rings. The van der Waals surface area contributed by atoms with Crippen LogP contribution in [-0.2, 0) is 16.6 Å². The molecule has 0 radical (unpaired) electrons. The molecule has 0 bridgehead atoms. The molecule has 2 N–H and O–H groups in total. The fourth-order valence-electron chi connectivity index (χ4n) is 2.38. The van der Waals surface area contributed by atoms with Crippen molar-refractivity contribution in [2.45, 2.75) is 11.4 Å². The van der Waals surface area contributed by atoms with E-state index < -0.39 is 10.0 Å². The van der Waals surface area contributed by atoms with Gasteiger partial charge in [-0.2, -0.15) is 4.31 Å². The first kappa shape index (κ1) is 17.8. The topological polar surface area (TPSA) is 95.2 Å².